The average molecular weight is 493 g/mol. The van der Waals surface area contributed by atoms with Crippen LogP contribution in [0.3, 0.4) is 0 Å². The van der Waals surface area contributed by atoms with Gasteiger partial charge in [0.15, 0.2) is 9.84 Å². The molecule has 3 aliphatic rings. The minimum atomic E-state index is -3.35. The zero-order chi connectivity index (χ0) is 23.9. The molecule has 1 aliphatic carbocycles. The Morgan fingerprint density at radius 3 is 2.38 bits per heavy atom. The maximum atomic E-state index is 12.0. The number of nitrogens with one attached hydrogen (secondary N) is 2. The smallest absolute Gasteiger partial charge is 0.351 e. The highest BCUT2D eigenvalue weighted by atomic mass is 32.2. The van der Waals surface area contributed by atoms with E-state index in [1.54, 1.807) is 0 Å². The van der Waals surface area contributed by atoms with Gasteiger partial charge in [0.05, 0.1) is 9.82 Å². The Morgan fingerprint density at radius 2 is 1.82 bits per heavy atom. The number of nitro groups is 1. The molecule has 34 heavy (non-hydrogen) atoms. The number of hydrogen-bond donors (Lipinski definition) is 2. The van der Waals surface area contributed by atoms with E-state index in [9.17, 15) is 18.5 Å². The van der Waals surface area contributed by atoms with Crippen molar-refractivity contribution in [3.63, 3.8) is 0 Å². The molecule has 1 aromatic carbocycles. The van der Waals surface area contributed by atoms with Crippen molar-refractivity contribution >= 4 is 32.8 Å². The summed E-state index contributed by atoms with van der Waals surface area (Å²) in [5, 5.41) is 14.9. The summed E-state index contributed by atoms with van der Waals surface area (Å²) in [6, 6.07) is 5.92. The lowest BCUT2D eigenvalue weighted by atomic mass is 9.85. The van der Waals surface area contributed by atoms with Gasteiger partial charge in [-0.05, 0) is 55.6 Å². The second-order valence-electron chi connectivity index (χ2n) is 8.68. The second-order valence-corrected chi connectivity index (χ2v) is 10.7. The summed E-state index contributed by atoms with van der Waals surface area (Å²) in [6.45, 7) is 1.04. The first-order chi connectivity index (χ1) is 16.3. The quantitative estimate of drug-likeness (QED) is 0.330. The van der Waals surface area contributed by atoms with Crippen LogP contribution in [-0.2, 0) is 24.6 Å². The third-order valence-corrected chi connectivity index (χ3v) is 7.58. The monoisotopic (exact) mass is 492 g/mol. The largest absolute Gasteiger partial charge is 0.353 e. The molecule has 0 amide bonds. The van der Waals surface area contributed by atoms with Crippen molar-refractivity contribution in [3.8, 4) is 0 Å². The van der Waals surface area contributed by atoms with E-state index >= 15 is 0 Å². The van der Waals surface area contributed by atoms with Crippen molar-refractivity contribution in [2.45, 2.75) is 36.4 Å². The Morgan fingerprint density at radius 1 is 1.15 bits per heavy atom. The Kier molecular flexibility index (Phi) is 5.85. The van der Waals surface area contributed by atoms with Gasteiger partial charge in [-0.3, -0.25) is 10.1 Å². The lowest BCUT2D eigenvalue weighted by Gasteiger charge is -2.39. The van der Waals surface area contributed by atoms with Crippen molar-refractivity contribution in [2.75, 3.05) is 29.6 Å². The van der Waals surface area contributed by atoms with Crippen molar-refractivity contribution in [3.05, 3.63) is 40.7 Å². The minimum Gasteiger partial charge on any atom is -0.351 e. The van der Waals surface area contributed by atoms with Crippen molar-refractivity contribution in [1.29, 1.82) is 0 Å². The fourth-order valence-electron chi connectivity index (χ4n) is 4.58. The summed E-state index contributed by atoms with van der Waals surface area (Å²) >= 11 is 0. The molecular weight excluding hydrogens is 468 g/mol. The molecule has 2 N–H and O–H groups in total. The molecule has 2 aliphatic heterocycles. The second kappa shape index (κ2) is 8.70. The van der Waals surface area contributed by atoms with Gasteiger partial charge in [-0.25, -0.2) is 23.2 Å². The van der Waals surface area contributed by atoms with Gasteiger partial charge in [0, 0.05) is 36.9 Å². The van der Waals surface area contributed by atoms with E-state index in [1.165, 1.54) is 30.6 Å². The van der Waals surface area contributed by atoms with Gasteiger partial charge in [0.2, 0.25) is 17.4 Å². The third kappa shape index (κ3) is 4.30. The van der Waals surface area contributed by atoms with Crippen molar-refractivity contribution in [1.82, 2.24) is 15.6 Å². The molecule has 3 heterocycles. The first-order valence-corrected chi connectivity index (χ1v) is 12.8. The highest BCUT2D eigenvalue weighted by molar-refractivity contribution is 7.90. The molecule has 5 rings (SSSR count). The van der Waals surface area contributed by atoms with E-state index in [0.717, 1.165) is 19.1 Å². The summed E-state index contributed by atoms with van der Waals surface area (Å²) in [5.74, 6) is -0.250. The standard InChI is InChI=1S/C20H24N6O7S/c1-34(29,30)16-6-4-15(5-7-16)23-18-17(26(27)28)19(22-12-21-18)25-10-8-14(9-11-25)20(13-2-3-13)31-24-33-32-20/h4-7,12-14,24H,2-3,8-11H2,1H3,(H,21,22,23). The number of anilines is 3. The molecule has 2 aromatic rings. The predicted molar refractivity (Wildman–Crippen MR) is 118 cm³/mol. The highest BCUT2D eigenvalue weighted by Crippen LogP contribution is 2.51. The lowest BCUT2D eigenvalue weighted by molar-refractivity contribution is -0.383. The summed E-state index contributed by atoms with van der Waals surface area (Å²) < 4.78 is 23.3. The molecule has 1 atom stereocenters. The number of nitrogens with zero attached hydrogens (tertiary/aromatic N) is 4. The van der Waals surface area contributed by atoms with E-state index in [2.05, 4.69) is 20.9 Å². The van der Waals surface area contributed by atoms with Gasteiger partial charge in [0.1, 0.15) is 6.33 Å². The molecule has 0 bridgehead atoms. The van der Waals surface area contributed by atoms with E-state index in [0.29, 0.717) is 31.6 Å². The molecule has 13 nitrogen and oxygen atoms in total. The van der Waals surface area contributed by atoms with E-state index < -0.39 is 20.5 Å². The van der Waals surface area contributed by atoms with Gasteiger partial charge in [-0.1, -0.05) is 0 Å². The van der Waals surface area contributed by atoms with Crippen LogP contribution in [0.25, 0.3) is 0 Å². The number of piperidine rings is 1. The number of aromatic nitrogens is 2. The van der Waals surface area contributed by atoms with Crippen LogP contribution in [0.5, 0.6) is 0 Å². The Bertz CT molecular complexity index is 1170. The zero-order valence-electron chi connectivity index (χ0n) is 18.3. The first-order valence-electron chi connectivity index (χ1n) is 10.9. The average Bonchev–Trinajstić information content (AvgIpc) is 3.56. The van der Waals surface area contributed by atoms with E-state index in [-0.39, 0.29) is 34.1 Å². The molecule has 0 radical (unpaired) electrons. The van der Waals surface area contributed by atoms with E-state index in [1.807, 2.05) is 4.90 Å². The molecule has 1 aromatic heterocycles. The Hall–Kier alpha value is -2.91. The molecule has 2 saturated heterocycles. The summed E-state index contributed by atoms with van der Waals surface area (Å²) in [7, 11) is -3.35. The predicted octanol–water partition coefficient (Wildman–Crippen LogP) is 2.25. The van der Waals surface area contributed by atoms with Crippen LogP contribution in [0.2, 0.25) is 0 Å². The number of hydrogen-bond acceptors (Lipinski definition) is 12. The molecular formula is C20H24N6O7S. The maximum absolute atomic E-state index is 12.0. The van der Waals surface area contributed by atoms with Gasteiger partial charge in [-0.15, -0.1) is 4.99 Å². The fraction of sp³-hybridized carbons (Fsp3) is 0.500. The van der Waals surface area contributed by atoms with Gasteiger partial charge in [0.25, 0.3) is 0 Å². The number of benzene rings is 1. The van der Waals surface area contributed by atoms with Crippen LogP contribution in [0.15, 0.2) is 35.5 Å². The van der Waals surface area contributed by atoms with E-state index in [4.69, 9.17) is 14.7 Å². The van der Waals surface area contributed by atoms with Crippen molar-refractivity contribution < 1.29 is 28.1 Å². The van der Waals surface area contributed by atoms with Crippen LogP contribution < -0.4 is 15.9 Å². The number of sulfone groups is 1. The van der Waals surface area contributed by atoms with Crippen LogP contribution in [0.4, 0.5) is 23.0 Å². The number of rotatable bonds is 7. The maximum Gasteiger partial charge on any atom is 0.353 e. The molecule has 0 spiro atoms. The van der Waals surface area contributed by atoms with Crippen LogP contribution in [0, 0.1) is 22.0 Å². The van der Waals surface area contributed by atoms with Crippen LogP contribution in [-0.4, -0.2) is 48.4 Å². The first kappa shape index (κ1) is 22.9. The minimum absolute atomic E-state index is 0.0266. The summed E-state index contributed by atoms with van der Waals surface area (Å²) in [5.41, 5.74) is 2.57. The van der Waals surface area contributed by atoms with Gasteiger partial charge in [-0.2, -0.15) is 4.89 Å². The molecule has 182 valence electrons. The van der Waals surface area contributed by atoms with Crippen molar-refractivity contribution in [2.24, 2.45) is 11.8 Å². The molecule has 1 saturated carbocycles. The Labute approximate surface area is 195 Å². The van der Waals surface area contributed by atoms with Crippen LogP contribution >= 0.6 is 0 Å². The summed E-state index contributed by atoms with van der Waals surface area (Å²) in [4.78, 5) is 37.7. The highest BCUT2D eigenvalue weighted by Gasteiger charge is 2.58. The zero-order valence-corrected chi connectivity index (χ0v) is 19.2. The Balaban J connectivity index is 1.35. The SMILES string of the molecule is CS(=O)(=O)c1ccc(Nc2ncnc(N3CCC(C4(C5CC5)ONOO4)CC3)c2[N+](=O)[O-])cc1. The fourth-order valence-corrected chi connectivity index (χ4v) is 5.21. The molecule has 1 unspecified atom stereocenters. The molecule has 3 fully saturated rings. The summed E-state index contributed by atoms with van der Waals surface area (Å²) in [6.07, 6.45) is 5.75. The van der Waals surface area contributed by atoms with Gasteiger partial charge >= 0.3 is 5.69 Å². The topological polar surface area (TPSA) is 158 Å². The normalized spacial score (nSPS) is 23.7. The van der Waals surface area contributed by atoms with Gasteiger partial charge < -0.3 is 10.2 Å². The van der Waals surface area contributed by atoms with Crippen LogP contribution in [0.1, 0.15) is 25.7 Å². The molecule has 14 heteroatoms. The lowest BCUT2D eigenvalue weighted by Crippen LogP contribution is -2.48. The third-order valence-electron chi connectivity index (χ3n) is 6.45.